The van der Waals surface area contributed by atoms with Crippen molar-refractivity contribution in [3.05, 3.63) is 47.4 Å². The third-order valence-electron chi connectivity index (χ3n) is 7.52. The molecule has 0 spiro atoms. The van der Waals surface area contributed by atoms with Crippen molar-refractivity contribution in [3.63, 3.8) is 0 Å². The molecule has 0 bridgehead atoms. The zero-order valence-electron chi connectivity index (χ0n) is 21.1. The topological polar surface area (TPSA) is 94.4 Å². The molecule has 194 valence electrons. The van der Waals surface area contributed by atoms with Crippen molar-refractivity contribution < 1.29 is 13.5 Å². The molecule has 1 aliphatic heterocycles. The zero-order valence-corrected chi connectivity index (χ0v) is 21.1. The van der Waals surface area contributed by atoms with E-state index in [-0.39, 0.29) is 17.6 Å². The maximum atomic E-state index is 15.0. The molecule has 1 saturated heterocycles. The molecule has 2 saturated carbocycles. The van der Waals surface area contributed by atoms with E-state index in [0.29, 0.717) is 54.2 Å². The van der Waals surface area contributed by atoms with Gasteiger partial charge in [-0.2, -0.15) is 4.98 Å². The van der Waals surface area contributed by atoms with Crippen LogP contribution in [-0.4, -0.2) is 57.6 Å². The molecule has 2 aliphatic carbocycles. The molecular formula is C27H31F2N7O. The quantitative estimate of drug-likeness (QED) is 0.481. The highest BCUT2D eigenvalue weighted by atomic mass is 19.1. The Hall–Kier alpha value is -3.40. The number of aliphatic imine (C=N–C) groups is 1. The average molecular weight is 508 g/mol. The molecule has 2 unspecified atom stereocenters. The van der Waals surface area contributed by atoms with E-state index in [9.17, 15) is 4.39 Å². The van der Waals surface area contributed by atoms with Gasteiger partial charge in [-0.15, -0.1) is 0 Å². The molecule has 2 N–H and O–H groups in total. The smallest absolute Gasteiger partial charge is 0.207 e. The number of aromatic nitrogens is 4. The Morgan fingerprint density at radius 3 is 2.68 bits per heavy atom. The maximum absolute atomic E-state index is 15.0. The van der Waals surface area contributed by atoms with E-state index in [2.05, 4.69) is 9.89 Å². The van der Waals surface area contributed by atoms with Crippen molar-refractivity contribution in [2.45, 2.75) is 62.6 Å². The third kappa shape index (κ3) is 4.70. The molecular weight excluding hydrogens is 476 g/mol. The fourth-order valence-electron chi connectivity index (χ4n) is 5.02. The van der Waals surface area contributed by atoms with Gasteiger partial charge in [0.25, 0.3) is 0 Å². The minimum Gasteiger partial charge on any atom is -0.404 e. The number of nitrogens with two attached hydrogens (primary N) is 1. The van der Waals surface area contributed by atoms with Gasteiger partial charge in [-0.05, 0) is 50.7 Å². The van der Waals surface area contributed by atoms with Crippen molar-refractivity contribution in [3.8, 4) is 11.3 Å². The molecule has 6 rings (SSSR count). The predicted octanol–water partition coefficient (Wildman–Crippen LogP) is 4.25. The first-order valence-electron chi connectivity index (χ1n) is 12.9. The van der Waals surface area contributed by atoms with Crippen LogP contribution in [0.3, 0.4) is 0 Å². The summed E-state index contributed by atoms with van der Waals surface area (Å²) in [5.41, 5.74) is 8.52. The van der Waals surface area contributed by atoms with Gasteiger partial charge in [0.05, 0.1) is 12.1 Å². The molecule has 3 heterocycles. The molecule has 2 aromatic heterocycles. The zero-order chi connectivity index (χ0) is 25.7. The third-order valence-corrected chi connectivity index (χ3v) is 7.52. The van der Waals surface area contributed by atoms with Crippen LogP contribution < -0.4 is 10.6 Å². The number of imidazole rings is 1. The summed E-state index contributed by atoms with van der Waals surface area (Å²) in [7, 11) is 3.90. The Bertz CT molecular complexity index is 1390. The second kappa shape index (κ2) is 9.48. The van der Waals surface area contributed by atoms with Crippen LogP contribution in [0.1, 0.15) is 50.3 Å². The SMILES string of the molecule is CN(c1nc2nc(C3CCOC(/C(C=NC4CC4)=C/N)C3)nc(-c3ccc(F)cc3F)c2n1C)C1CC1. The Labute approximate surface area is 214 Å². The number of rotatable bonds is 7. The maximum Gasteiger partial charge on any atom is 0.207 e. The van der Waals surface area contributed by atoms with E-state index in [1.165, 1.54) is 12.1 Å². The van der Waals surface area contributed by atoms with Crippen LogP contribution in [0.15, 0.2) is 35.0 Å². The van der Waals surface area contributed by atoms with E-state index in [1.807, 2.05) is 24.9 Å². The monoisotopic (exact) mass is 507 g/mol. The average Bonchev–Trinajstić information content (AvgIpc) is 3.82. The summed E-state index contributed by atoms with van der Waals surface area (Å²) in [5, 5.41) is 0. The highest BCUT2D eigenvalue weighted by Crippen LogP contribution is 2.37. The number of aryl methyl sites for hydroxylation is 1. The number of anilines is 1. The molecule has 0 amide bonds. The van der Waals surface area contributed by atoms with Crippen molar-refractivity contribution in [1.29, 1.82) is 0 Å². The minimum atomic E-state index is -0.668. The first-order chi connectivity index (χ1) is 17.9. The number of halogens is 2. The van der Waals surface area contributed by atoms with E-state index in [1.54, 1.807) is 6.20 Å². The number of hydrogen-bond donors (Lipinski definition) is 1. The summed E-state index contributed by atoms with van der Waals surface area (Å²) in [6.07, 6.45) is 8.94. The lowest BCUT2D eigenvalue weighted by atomic mass is 9.91. The van der Waals surface area contributed by atoms with Crippen LogP contribution >= 0.6 is 0 Å². The van der Waals surface area contributed by atoms with Crippen LogP contribution in [0.4, 0.5) is 14.7 Å². The van der Waals surface area contributed by atoms with Gasteiger partial charge in [0, 0.05) is 62.3 Å². The van der Waals surface area contributed by atoms with Crippen molar-refractivity contribution in [1.82, 2.24) is 19.5 Å². The lowest BCUT2D eigenvalue weighted by molar-refractivity contribution is 0.0313. The Morgan fingerprint density at radius 2 is 1.97 bits per heavy atom. The summed E-state index contributed by atoms with van der Waals surface area (Å²) >= 11 is 0. The van der Waals surface area contributed by atoms with Crippen molar-refractivity contribution in [2.24, 2.45) is 17.8 Å². The van der Waals surface area contributed by atoms with Gasteiger partial charge >= 0.3 is 0 Å². The number of fused-ring (bicyclic) bond motifs is 1. The minimum absolute atomic E-state index is 0.0405. The van der Waals surface area contributed by atoms with Gasteiger partial charge < -0.3 is 19.9 Å². The van der Waals surface area contributed by atoms with Gasteiger partial charge in [-0.1, -0.05) is 0 Å². The summed E-state index contributed by atoms with van der Waals surface area (Å²) < 4.78 is 36.8. The first-order valence-corrected chi connectivity index (χ1v) is 12.9. The fourth-order valence-corrected chi connectivity index (χ4v) is 5.02. The van der Waals surface area contributed by atoms with Gasteiger partial charge in [-0.25, -0.2) is 18.7 Å². The molecule has 3 fully saturated rings. The van der Waals surface area contributed by atoms with E-state index in [4.69, 9.17) is 25.4 Å². The number of nitrogens with zero attached hydrogens (tertiary/aromatic N) is 6. The van der Waals surface area contributed by atoms with E-state index < -0.39 is 11.6 Å². The Morgan fingerprint density at radius 1 is 1.16 bits per heavy atom. The van der Waals surface area contributed by atoms with Gasteiger partial charge in [0.1, 0.15) is 28.7 Å². The summed E-state index contributed by atoms with van der Waals surface area (Å²) in [6, 6.07) is 4.40. The second-order valence-corrected chi connectivity index (χ2v) is 10.3. The molecule has 37 heavy (non-hydrogen) atoms. The summed E-state index contributed by atoms with van der Waals surface area (Å²) in [5.74, 6) is -0.0109. The molecule has 3 aliphatic rings. The molecule has 0 radical (unpaired) electrons. The van der Waals surface area contributed by atoms with Crippen LogP contribution in [-0.2, 0) is 11.8 Å². The fraction of sp³-hybridized carbons (Fsp3) is 0.481. The predicted molar refractivity (Wildman–Crippen MR) is 139 cm³/mol. The largest absolute Gasteiger partial charge is 0.404 e. The van der Waals surface area contributed by atoms with Crippen LogP contribution in [0.5, 0.6) is 0 Å². The Balaban J connectivity index is 1.42. The lowest BCUT2D eigenvalue weighted by Gasteiger charge is -2.29. The Kier molecular flexibility index (Phi) is 6.14. The van der Waals surface area contributed by atoms with E-state index in [0.717, 1.165) is 43.3 Å². The highest BCUT2D eigenvalue weighted by molar-refractivity contribution is 5.90. The highest BCUT2D eigenvalue weighted by Gasteiger charge is 2.33. The van der Waals surface area contributed by atoms with Crippen LogP contribution in [0.2, 0.25) is 0 Å². The van der Waals surface area contributed by atoms with Crippen molar-refractivity contribution in [2.75, 3.05) is 18.6 Å². The van der Waals surface area contributed by atoms with Gasteiger partial charge in [0.2, 0.25) is 5.95 Å². The second-order valence-electron chi connectivity index (χ2n) is 10.3. The number of benzene rings is 1. The van der Waals surface area contributed by atoms with Gasteiger partial charge in [-0.3, -0.25) is 4.99 Å². The molecule has 2 atom stereocenters. The normalized spacial score (nSPS) is 22.8. The van der Waals surface area contributed by atoms with Crippen LogP contribution in [0.25, 0.3) is 22.4 Å². The number of hydrogen-bond acceptors (Lipinski definition) is 7. The van der Waals surface area contributed by atoms with E-state index >= 15 is 4.39 Å². The molecule has 10 heteroatoms. The number of ether oxygens (including phenoxy) is 1. The molecule has 1 aromatic carbocycles. The van der Waals surface area contributed by atoms with Gasteiger partial charge in [0.15, 0.2) is 5.65 Å². The van der Waals surface area contributed by atoms with Crippen LogP contribution in [0, 0.1) is 11.6 Å². The summed E-state index contributed by atoms with van der Waals surface area (Å²) in [6.45, 7) is 0.517. The standard InChI is InChI=1S/C27H31F2N7O/c1-35(19-6-7-19)27-34-26-24(36(27)2)23(20-8-3-17(28)12-21(20)29)32-25(33-26)15-9-10-37-22(11-15)16(13-30)14-31-18-4-5-18/h3,8,12-15,18-19,22H,4-7,9-11,30H2,1-2H3/b16-13+,31-14?. The molecule has 8 nitrogen and oxygen atoms in total. The molecule has 3 aromatic rings. The summed E-state index contributed by atoms with van der Waals surface area (Å²) in [4.78, 5) is 21.3. The van der Waals surface area contributed by atoms with Crippen molar-refractivity contribution >= 4 is 23.3 Å². The lowest BCUT2D eigenvalue weighted by Crippen LogP contribution is -2.28. The first kappa shape index (κ1) is 24.0.